The van der Waals surface area contributed by atoms with Gasteiger partial charge in [-0.2, -0.15) is 0 Å². The minimum absolute atomic E-state index is 0.0458. The number of carboxylic acid groups (broad SMARTS) is 1. The van der Waals surface area contributed by atoms with Gasteiger partial charge in [-0.3, -0.25) is 9.59 Å². The quantitative estimate of drug-likeness (QED) is 0.900. The lowest BCUT2D eigenvalue weighted by Gasteiger charge is -2.28. The third-order valence-electron chi connectivity index (χ3n) is 4.76. The average molecular weight is 321 g/mol. The molecule has 1 aliphatic rings. The van der Waals surface area contributed by atoms with Crippen LogP contribution >= 0.6 is 0 Å². The number of hydrogen-bond acceptors (Lipinski definition) is 4. The summed E-state index contributed by atoms with van der Waals surface area (Å²) in [7, 11) is 3.03. The van der Waals surface area contributed by atoms with E-state index in [2.05, 4.69) is 0 Å². The Kier molecular flexibility index (Phi) is 4.82. The number of benzene rings is 1. The van der Waals surface area contributed by atoms with Crippen molar-refractivity contribution in [3.8, 4) is 11.5 Å². The summed E-state index contributed by atoms with van der Waals surface area (Å²) < 4.78 is 10.4. The van der Waals surface area contributed by atoms with Crippen molar-refractivity contribution < 1.29 is 24.2 Å². The molecule has 6 heteroatoms. The third kappa shape index (κ3) is 2.98. The number of aliphatic carboxylic acids is 1. The lowest BCUT2D eigenvalue weighted by Crippen LogP contribution is -2.40. The molecule has 126 valence electrons. The summed E-state index contributed by atoms with van der Waals surface area (Å²) >= 11 is 0. The average Bonchev–Trinajstić information content (AvgIpc) is 3.00. The second kappa shape index (κ2) is 6.48. The Morgan fingerprint density at radius 3 is 2.43 bits per heavy atom. The Labute approximate surface area is 136 Å². The first-order valence-electron chi connectivity index (χ1n) is 7.60. The van der Waals surface area contributed by atoms with Gasteiger partial charge in [-0.25, -0.2) is 0 Å². The highest BCUT2D eigenvalue weighted by Crippen LogP contribution is 2.39. The number of methoxy groups -OCH3 is 2. The van der Waals surface area contributed by atoms with E-state index in [4.69, 9.17) is 9.47 Å². The fourth-order valence-corrected chi connectivity index (χ4v) is 3.04. The van der Waals surface area contributed by atoms with Crippen molar-refractivity contribution in [2.45, 2.75) is 20.3 Å². The van der Waals surface area contributed by atoms with Crippen LogP contribution in [0.2, 0.25) is 0 Å². The number of ether oxygens (including phenoxy) is 2. The van der Waals surface area contributed by atoms with E-state index in [0.717, 1.165) is 0 Å². The van der Waals surface area contributed by atoms with Gasteiger partial charge < -0.3 is 19.5 Å². The highest BCUT2D eigenvalue weighted by Gasteiger charge is 2.48. The molecule has 1 heterocycles. The first kappa shape index (κ1) is 17.1. The number of hydrogen-bond donors (Lipinski definition) is 1. The van der Waals surface area contributed by atoms with Crippen molar-refractivity contribution in [3.05, 3.63) is 23.8 Å². The molecule has 1 N–H and O–H groups in total. The molecule has 1 aromatic rings. The van der Waals surface area contributed by atoms with Gasteiger partial charge in [0.15, 0.2) is 0 Å². The Morgan fingerprint density at radius 1 is 1.26 bits per heavy atom. The SMILES string of the molecule is COc1ccc(C(=O)N2CCC(C(=O)O)(C(C)C)C2)c(OC)c1. The fourth-order valence-electron chi connectivity index (χ4n) is 3.04. The molecule has 1 atom stereocenters. The Bertz CT molecular complexity index is 613. The zero-order valence-corrected chi connectivity index (χ0v) is 14.0. The lowest BCUT2D eigenvalue weighted by atomic mass is 9.76. The molecule has 0 aromatic heterocycles. The van der Waals surface area contributed by atoms with Crippen LogP contribution in [0.1, 0.15) is 30.6 Å². The van der Waals surface area contributed by atoms with Crippen LogP contribution in [0.5, 0.6) is 11.5 Å². The highest BCUT2D eigenvalue weighted by atomic mass is 16.5. The van der Waals surface area contributed by atoms with E-state index in [0.29, 0.717) is 30.0 Å². The number of nitrogens with zero attached hydrogens (tertiary/aromatic N) is 1. The monoisotopic (exact) mass is 321 g/mol. The van der Waals surface area contributed by atoms with Gasteiger partial charge in [0.25, 0.3) is 5.91 Å². The summed E-state index contributed by atoms with van der Waals surface area (Å²) in [5, 5.41) is 9.59. The highest BCUT2D eigenvalue weighted by molar-refractivity contribution is 5.98. The van der Waals surface area contributed by atoms with Gasteiger partial charge in [0.1, 0.15) is 11.5 Å². The third-order valence-corrected chi connectivity index (χ3v) is 4.76. The summed E-state index contributed by atoms with van der Waals surface area (Å²) in [6.45, 7) is 4.42. The number of likely N-dealkylation sites (tertiary alicyclic amines) is 1. The minimum atomic E-state index is -0.880. The predicted octanol–water partition coefficient (Wildman–Crippen LogP) is 2.28. The molecule has 0 bridgehead atoms. The van der Waals surface area contributed by atoms with Crippen molar-refractivity contribution in [1.82, 2.24) is 4.90 Å². The Balaban J connectivity index is 2.27. The number of carbonyl (C=O) groups excluding carboxylic acids is 1. The Morgan fingerprint density at radius 2 is 1.96 bits per heavy atom. The second-order valence-electron chi connectivity index (χ2n) is 6.16. The van der Waals surface area contributed by atoms with Crippen LogP contribution < -0.4 is 9.47 Å². The van der Waals surface area contributed by atoms with Crippen LogP contribution in [0.4, 0.5) is 0 Å². The number of carboxylic acids is 1. The molecule has 2 rings (SSSR count). The maximum atomic E-state index is 12.8. The molecular formula is C17H23NO5. The summed E-state index contributed by atoms with van der Waals surface area (Å²) in [6.07, 6.45) is 0.463. The lowest BCUT2D eigenvalue weighted by molar-refractivity contribution is -0.150. The molecule has 1 unspecified atom stereocenters. The summed E-state index contributed by atoms with van der Waals surface area (Å²) in [5.74, 6) is -0.0815. The number of amides is 1. The molecule has 1 fully saturated rings. The topological polar surface area (TPSA) is 76.1 Å². The van der Waals surface area contributed by atoms with E-state index >= 15 is 0 Å². The zero-order valence-electron chi connectivity index (χ0n) is 14.0. The molecule has 0 saturated carbocycles. The number of carbonyl (C=O) groups is 2. The summed E-state index contributed by atoms with van der Waals surface area (Å²) in [4.78, 5) is 26.1. The molecule has 1 amide bonds. The predicted molar refractivity (Wildman–Crippen MR) is 85.0 cm³/mol. The van der Waals surface area contributed by atoms with E-state index in [1.807, 2.05) is 13.8 Å². The van der Waals surface area contributed by atoms with Gasteiger partial charge in [-0.1, -0.05) is 13.8 Å². The molecule has 1 aromatic carbocycles. The van der Waals surface area contributed by atoms with Crippen LogP contribution in [-0.4, -0.2) is 49.2 Å². The molecule has 0 spiro atoms. The molecule has 6 nitrogen and oxygen atoms in total. The summed E-state index contributed by atoms with van der Waals surface area (Å²) in [5.41, 5.74) is -0.465. The van der Waals surface area contributed by atoms with Crippen LogP contribution in [0.3, 0.4) is 0 Å². The van der Waals surface area contributed by atoms with Gasteiger partial charge in [0, 0.05) is 19.2 Å². The fraction of sp³-hybridized carbons (Fsp3) is 0.529. The molecule has 23 heavy (non-hydrogen) atoms. The van der Waals surface area contributed by atoms with E-state index in [-0.39, 0.29) is 18.4 Å². The van der Waals surface area contributed by atoms with Crippen LogP contribution in [-0.2, 0) is 4.79 Å². The van der Waals surface area contributed by atoms with Crippen LogP contribution in [0, 0.1) is 11.3 Å². The molecule has 0 radical (unpaired) electrons. The number of rotatable bonds is 5. The van der Waals surface area contributed by atoms with E-state index in [9.17, 15) is 14.7 Å². The minimum Gasteiger partial charge on any atom is -0.497 e. The van der Waals surface area contributed by atoms with Crippen LogP contribution in [0.15, 0.2) is 18.2 Å². The van der Waals surface area contributed by atoms with Gasteiger partial charge in [0.05, 0.1) is 25.2 Å². The maximum absolute atomic E-state index is 12.8. The molecule has 1 aliphatic heterocycles. The van der Waals surface area contributed by atoms with Crippen LogP contribution in [0.25, 0.3) is 0 Å². The van der Waals surface area contributed by atoms with E-state index < -0.39 is 11.4 Å². The molecule has 0 aliphatic carbocycles. The first-order valence-corrected chi connectivity index (χ1v) is 7.60. The van der Waals surface area contributed by atoms with Gasteiger partial charge in [0.2, 0.25) is 0 Å². The van der Waals surface area contributed by atoms with E-state index in [1.165, 1.54) is 7.11 Å². The maximum Gasteiger partial charge on any atom is 0.311 e. The van der Waals surface area contributed by atoms with Gasteiger partial charge in [-0.05, 0) is 24.5 Å². The van der Waals surface area contributed by atoms with Crippen molar-refractivity contribution in [1.29, 1.82) is 0 Å². The second-order valence-corrected chi connectivity index (χ2v) is 6.16. The van der Waals surface area contributed by atoms with Crippen molar-refractivity contribution >= 4 is 11.9 Å². The smallest absolute Gasteiger partial charge is 0.311 e. The largest absolute Gasteiger partial charge is 0.497 e. The normalized spacial score (nSPS) is 20.7. The molecule has 1 saturated heterocycles. The Hall–Kier alpha value is -2.24. The van der Waals surface area contributed by atoms with Crippen molar-refractivity contribution in [3.63, 3.8) is 0 Å². The molecular weight excluding hydrogens is 298 g/mol. The van der Waals surface area contributed by atoms with Gasteiger partial charge >= 0.3 is 5.97 Å². The first-order chi connectivity index (χ1) is 10.9. The van der Waals surface area contributed by atoms with E-state index in [1.54, 1.807) is 30.2 Å². The standard InChI is InChI=1S/C17H23NO5/c1-11(2)17(16(20)21)7-8-18(10-17)15(19)13-6-5-12(22-3)9-14(13)23-4/h5-6,9,11H,7-8,10H2,1-4H3,(H,20,21). The van der Waals surface area contributed by atoms with Crippen molar-refractivity contribution in [2.24, 2.45) is 11.3 Å². The zero-order chi connectivity index (χ0) is 17.2. The van der Waals surface area contributed by atoms with Crippen molar-refractivity contribution in [2.75, 3.05) is 27.3 Å². The van der Waals surface area contributed by atoms with Gasteiger partial charge in [-0.15, -0.1) is 0 Å². The summed E-state index contributed by atoms with van der Waals surface area (Å²) in [6, 6.07) is 4.99.